The van der Waals surface area contributed by atoms with Crippen LogP contribution < -0.4 is 0 Å². The molecule has 0 fully saturated rings. The molecule has 3 rings (SSSR count). The van der Waals surface area contributed by atoms with E-state index in [1.165, 1.54) is 11.1 Å². The molecule has 0 aliphatic carbocycles. The number of aryl methyl sites for hydroxylation is 2. The molecule has 1 N–H and O–H groups in total. The summed E-state index contributed by atoms with van der Waals surface area (Å²) in [6.07, 6.45) is 1.01. The van der Waals surface area contributed by atoms with Crippen molar-refractivity contribution in [2.75, 3.05) is 7.05 Å². The zero-order chi connectivity index (χ0) is 19.4. The van der Waals surface area contributed by atoms with Gasteiger partial charge < -0.3 is 4.90 Å². The van der Waals surface area contributed by atoms with Gasteiger partial charge in [0.1, 0.15) is 6.54 Å². The Bertz CT molecular complexity index is 971. The summed E-state index contributed by atoms with van der Waals surface area (Å²) >= 11 is 5.34. The lowest BCUT2D eigenvalue weighted by Crippen LogP contribution is -2.30. The van der Waals surface area contributed by atoms with Crippen molar-refractivity contribution in [1.29, 1.82) is 0 Å². The van der Waals surface area contributed by atoms with Crippen LogP contribution in [0, 0.1) is 11.7 Å². The number of nitrogens with one attached hydrogen (secondary N) is 1. The van der Waals surface area contributed by atoms with Gasteiger partial charge in [0.2, 0.25) is 5.91 Å². The van der Waals surface area contributed by atoms with Gasteiger partial charge in [-0.3, -0.25) is 14.5 Å². The maximum absolute atomic E-state index is 12.7. The topological polar surface area (TPSA) is 53.9 Å². The molecule has 0 saturated carbocycles. The third-order valence-electron chi connectivity index (χ3n) is 4.64. The van der Waals surface area contributed by atoms with E-state index in [-0.39, 0.29) is 12.5 Å². The second kappa shape index (κ2) is 8.31. The van der Waals surface area contributed by atoms with Crippen molar-refractivity contribution in [2.24, 2.45) is 0 Å². The smallest absolute Gasteiger partial charge is 0.242 e. The molecule has 2 aromatic carbocycles. The molecule has 5 nitrogen and oxygen atoms in total. The van der Waals surface area contributed by atoms with E-state index in [4.69, 9.17) is 12.2 Å². The second-order valence-corrected chi connectivity index (χ2v) is 7.11. The number of hydrogen-bond donors (Lipinski definition) is 1. The lowest BCUT2D eigenvalue weighted by Gasteiger charge is -2.18. The number of carbonyl (C=O) groups is 1. The predicted octanol–water partition coefficient (Wildman–Crippen LogP) is 4.14. The number of aromatic amines is 1. The van der Waals surface area contributed by atoms with Crippen molar-refractivity contribution < 1.29 is 4.79 Å². The number of hydrogen-bond acceptors (Lipinski definition) is 3. The molecule has 1 heterocycles. The van der Waals surface area contributed by atoms with Crippen LogP contribution in [0.4, 0.5) is 0 Å². The molecule has 0 saturated heterocycles. The fourth-order valence-corrected chi connectivity index (χ4v) is 3.08. The maximum atomic E-state index is 12.7. The molecule has 140 valence electrons. The number of likely N-dealkylation sites (N-methyl/N-ethyl adjacent to an activating group) is 1. The van der Waals surface area contributed by atoms with Gasteiger partial charge in [0, 0.05) is 19.2 Å². The average molecular weight is 381 g/mol. The Kier molecular flexibility index (Phi) is 5.86. The minimum atomic E-state index is -0.0135. The SMILES string of the molecule is CCc1ccc(CN(C)C(=O)Cn2c(-c3ccc(C)cc3)n[nH]c2=S)cc1. The van der Waals surface area contributed by atoms with Crippen LogP contribution in [0.1, 0.15) is 23.6 Å². The van der Waals surface area contributed by atoms with Crippen LogP contribution in [-0.4, -0.2) is 32.6 Å². The summed E-state index contributed by atoms with van der Waals surface area (Å²) in [5, 5.41) is 7.11. The van der Waals surface area contributed by atoms with E-state index >= 15 is 0 Å². The highest BCUT2D eigenvalue weighted by Gasteiger charge is 2.15. The first-order valence-corrected chi connectivity index (χ1v) is 9.42. The molecule has 27 heavy (non-hydrogen) atoms. The zero-order valence-corrected chi connectivity index (χ0v) is 16.7. The number of carbonyl (C=O) groups excluding carboxylic acids is 1. The summed E-state index contributed by atoms with van der Waals surface area (Å²) in [6, 6.07) is 16.4. The molecule has 3 aromatic rings. The second-order valence-electron chi connectivity index (χ2n) is 6.72. The molecule has 0 radical (unpaired) electrons. The normalized spacial score (nSPS) is 10.8. The monoisotopic (exact) mass is 380 g/mol. The van der Waals surface area contributed by atoms with Gasteiger partial charge in [-0.25, -0.2) is 0 Å². The fourth-order valence-electron chi connectivity index (χ4n) is 2.89. The fraction of sp³-hybridized carbons (Fsp3) is 0.286. The highest BCUT2D eigenvalue weighted by molar-refractivity contribution is 7.71. The van der Waals surface area contributed by atoms with Crippen molar-refractivity contribution in [2.45, 2.75) is 33.4 Å². The van der Waals surface area contributed by atoms with Crippen LogP contribution in [0.2, 0.25) is 0 Å². The van der Waals surface area contributed by atoms with Crippen LogP contribution >= 0.6 is 12.2 Å². The third kappa shape index (κ3) is 4.52. The van der Waals surface area contributed by atoms with Gasteiger partial charge in [-0.15, -0.1) is 0 Å². The molecular formula is C21H24N4OS. The Hall–Kier alpha value is -2.73. The highest BCUT2D eigenvalue weighted by atomic mass is 32.1. The first-order valence-electron chi connectivity index (χ1n) is 9.02. The van der Waals surface area contributed by atoms with E-state index in [1.54, 1.807) is 9.47 Å². The van der Waals surface area contributed by atoms with E-state index in [1.807, 2.05) is 38.2 Å². The lowest BCUT2D eigenvalue weighted by molar-refractivity contribution is -0.131. The van der Waals surface area contributed by atoms with Crippen LogP contribution in [0.3, 0.4) is 0 Å². The number of rotatable bonds is 6. The quantitative estimate of drug-likeness (QED) is 0.654. The number of nitrogens with zero attached hydrogens (tertiary/aromatic N) is 3. The van der Waals surface area contributed by atoms with Crippen molar-refractivity contribution in [3.05, 3.63) is 70.0 Å². The number of benzene rings is 2. The van der Waals surface area contributed by atoms with Gasteiger partial charge in [0.25, 0.3) is 0 Å². The number of H-pyrrole nitrogens is 1. The van der Waals surface area contributed by atoms with Crippen LogP contribution in [0.25, 0.3) is 11.4 Å². The van der Waals surface area contributed by atoms with Gasteiger partial charge in [0.05, 0.1) is 0 Å². The van der Waals surface area contributed by atoms with E-state index < -0.39 is 0 Å². The molecule has 0 spiro atoms. The molecule has 0 aliphatic rings. The Labute approximate surface area is 164 Å². The van der Waals surface area contributed by atoms with Gasteiger partial charge >= 0.3 is 0 Å². The summed E-state index contributed by atoms with van der Waals surface area (Å²) in [5.74, 6) is 0.662. The summed E-state index contributed by atoms with van der Waals surface area (Å²) in [6.45, 7) is 4.88. The molecular weight excluding hydrogens is 356 g/mol. The van der Waals surface area contributed by atoms with Crippen molar-refractivity contribution in [3.63, 3.8) is 0 Å². The minimum Gasteiger partial charge on any atom is -0.340 e. The highest BCUT2D eigenvalue weighted by Crippen LogP contribution is 2.18. The Morgan fingerprint density at radius 2 is 1.74 bits per heavy atom. The van der Waals surface area contributed by atoms with Crippen molar-refractivity contribution >= 4 is 18.1 Å². The van der Waals surface area contributed by atoms with Crippen LogP contribution in [0.15, 0.2) is 48.5 Å². The molecule has 0 bridgehead atoms. The van der Waals surface area contributed by atoms with E-state index in [0.29, 0.717) is 17.1 Å². The Balaban J connectivity index is 1.74. The molecule has 1 amide bonds. The van der Waals surface area contributed by atoms with E-state index in [2.05, 4.69) is 41.4 Å². The van der Waals surface area contributed by atoms with Crippen LogP contribution in [0.5, 0.6) is 0 Å². The van der Waals surface area contributed by atoms with Gasteiger partial charge in [0.15, 0.2) is 10.6 Å². The minimum absolute atomic E-state index is 0.0135. The standard InChI is InChI=1S/C21H24N4OS/c1-4-16-7-9-17(10-8-16)13-24(3)19(26)14-25-20(22-23-21(25)27)18-11-5-15(2)6-12-18/h5-12H,4,13-14H2,1-3H3,(H,23,27). The van der Waals surface area contributed by atoms with Crippen molar-refractivity contribution in [3.8, 4) is 11.4 Å². The summed E-state index contributed by atoms with van der Waals surface area (Å²) in [7, 11) is 1.81. The largest absolute Gasteiger partial charge is 0.340 e. The van der Waals surface area contributed by atoms with Crippen molar-refractivity contribution in [1.82, 2.24) is 19.7 Å². The molecule has 0 unspecified atom stereocenters. The predicted molar refractivity (Wildman–Crippen MR) is 110 cm³/mol. The lowest BCUT2D eigenvalue weighted by atomic mass is 10.1. The van der Waals surface area contributed by atoms with Crippen LogP contribution in [-0.2, 0) is 24.3 Å². The van der Waals surface area contributed by atoms with Gasteiger partial charge in [-0.2, -0.15) is 5.10 Å². The molecule has 0 atom stereocenters. The first-order chi connectivity index (χ1) is 13.0. The van der Waals surface area contributed by atoms with E-state index in [9.17, 15) is 4.79 Å². The molecule has 1 aromatic heterocycles. The average Bonchev–Trinajstić information content (AvgIpc) is 3.03. The maximum Gasteiger partial charge on any atom is 0.242 e. The number of amides is 1. The Morgan fingerprint density at radius 3 is 2.37 bits per heavy atom. The molecule has 6 heteroatoms. The van der Waals surface area contributed by atoms with Gasteiger partial charge in [-0.1, -0.05) is 61.0 Å². The zero-order valence-electron chi connectivity index (χ0n) is 15.9. The third-order valence-corrected chi connectivity index (χ3v) is 4.95. The van der Waals surface area contributed by atoms with Gasteiger partial charge in [-0.05, 0) is 36.7 Å². The number of aromatic nitrogens is 3. The first kappa shape index (κ1) is 19.0. The summed E-state index contributed by atoms with van der Waals surface area (Å²) in [4.78, 5) is 14.5. The summed E-state index contributed by atoms with van der Waals surface area (Å²) < 4.78 is 2.19. The molecule has 0 aliphatic heterocycles. The van der Waals surface area contributed by atoms with E-state index in [0.717, 1.165) is 17.5 Å². The summed E-state index contributed by atoms with van der Waals surface area (Å²) in [5.41, 5.74) is 4.50. The Morgan fingerprint density at radius 1 is 1.11 bits per heavy atom.